The molecule has 1 saturated carbocycles. The van der Waals surface area contributed by atoms with E-state index in [1.54, 1.807) is 11.0 Å². The van der Waals surface area contributed by atoms with Gasteiger partial charge in [-0.25, -0.2) is 4.98 Å². The summed E-state index contributed by atoms with van der Waals surface area (Å²) in [6.07, 6.45) is 4.44. The summed E-state index contributed by atoms with van der Waals surface area (Å²) in [5, 5.41) is 17.0. The number of anilines is 2. The topological polar surface area (TPSA) is 104 Å². The molecule has 0 unspecified atom stereocenters. The molecule has 2 aromatic heterocycles. The molecule has 1 saturated heterocycles. The summed E-state index contributed by atoms with van der Waals surface area (Å²) in [6.45, 7) is 4.34. The van der Waals surface area contributed by atoms with Crippen LogP contribution in [0.15, 0.2) is 42.6 Å². The van der Waals surface area contributed by atoms with Crippen LogP contribution in [0.5, 0.6) is 0 Å². The van der Waals surface area contributed by atoms with Crippen LogP contribution in [0.3, 0.4) is 0 Å². The van der Waals surface area contributed by atoms with E-state index in [4.69, 9.17) is 0 Å². The van der Waals surface area contributed by atoms with Gasteiger partial charge >= 0.3 is 0 Å². The van der Waals surface area contributed by atoms with E-state index in [1.807, 2.05) is 62.1 Å². The van der Waals surface area contributed by atoms with Gasteiger partial charge in [0.2, 0.25) is 11.8 Å². The number of aromatic nitrogens is 3. The minimum Gasteiger partial charge on any atom is -0.311 e. The highest BCUT2D eigenvalue weighted by atomic mass is 16.2. The number of benzene rings is 1. The number of carbonyl (C=O) groups excluding carboxylic acids is 2. The lowest BCUT2D eigenvalue weighted by atomic mass is 9.83. The van der Waals surface area contributed by atoms with Gasteiger partial charge in [-0.15, -0.1) is 0 Å². The van der Waals surface area contributed by atoms with Gasteiger partial charge in [0.1, 0.15) is 11.2 Å². The predicted molar refractivity (Wildman–Crippen MR) is 132 cm³/mol. The summed E-state index contributed by atoms with van der Waals surface area (Å²) in [5.41, 5.74) is 4.45. The Kier molecular flexibility index (Phi) is 5.64. The lowest BCUT2D eigenvalue weighted by Crippen LogP contribution is -2.35. The Morgan fingerprint density at radius 2 is 2.06 bits per heavy atom. The molecule has 2 aliphatic rings. The molecule has 35 heavy (non-hydrogen) atoms. The number of nitrogens with zero attached hydrogens (tertiary/aromatic N) is 5. The van der Waals surface area contributed by atoms with E-state index in [1.165, 1.54) is 0 Å². The zero-order valence-corrected chi connectivity index (χ0v) is 20.2. The molecule has 1 aliphatic carbocycles. The fourth-order valence-corrected chi connectivity index (χ4v) is 5.01. The number of hydrogen-bond acceptors (Lipinski definition) is 5. The monoisotopic (exact) mass is 468 g/mol. The molecule has 0 spiro atoms. The normalized spacial score (nSPS) is 19.6. The van der Waals surface area contributed by atoms with Crippen molar-refractivity contribution < 1.29 is 9.59 Å². The van der Waals surface area contributed by atoms with Crippen LogP contribution in [-0.4, -0.2) is 33.1 Å². The first-order valence-electron chi connectivity index (χ1n) is 11.9. The largest absolute Gasteiger partial charge is 0.311 e. The van der Waals surface area contributed by atoms with Gasteiger partial charge in [0.25, 0.3) is 0 Å². The Hall–Kier alpha value is -3.99. The van der Waals surface area contributed by atoms with E-state index in [0.717, 1.165) is 35.2 Å². The van der Waals surface area contributed by atoms with Crippen molar-refractivity contribution in [3.05, 3.63) is 59.5 Å². The first-order chi connectivity index (χ1) is 16.8. The molecule has 1 atom stereocenters. The maximum Gasteiger partial charge on any atom is 0.247 e. The standard InChI is InChI=1S/C27H28N6O2/c1-17-11-22(33-10-9-27(16-28,26(33)35)21-7-8-21)14-24(30-17)31-25(34)13-19-5-4-6-20(12-19)23-15-29-32(3)18(23)2/h4-6,11-12,14-15,21H,7-10,13H2,1-3H3,(H,30,31,34)/t27-/m1/s1. The van der Waals surface area contributed by atoms with Crippen molar-refractivity contribution in [3.8, 4) is 17.2 Å². The van der Waals surface area contributed by atoms with Gasteiger partial charge in [0.15, 0.2) is 0 Å². The third-order valence-corrected chi connectivity index (χ3v) is 7.19. The average Bonchev–Trinajstić information content (AvgIpc) is 3.55. The molecule has 2 fully saturated rings. The van der Waals surface area contributed by atoms with Crippen molar-refractivity contribution in [2.75, 3.05) is 16.8 Å². The predicted octanol–water partition coefficient (Wildman–Crippen LogP) is 3.94. The van der Waals surface area contributed by atoms with E-state index >= 15 is 0 Å². The molecular weight excluding hydrogens is 440 g/mol. The zero-order chi connectivity index (χ0) is 24.7. The summed E-state index contributed by atoms with van der Waals surface area (Å²) in [7, 11) is 1.90. The molecule has 2 amide bonds. The maximum absolute atomic E-state index is 13.2. The summed E-state index contributed by atoms with van der Waals surface area (Å²) < 4.78 is 1.83. The second-order valence-corrected chi connectivity index (χ2v) is 9.61. The number of hydrogen-bond donors (Lipinski definition) is 1. The minimum atomic E-state index is -0.905. The quantitative estimate of drug-likeness (QED) is 0.590. The van der Waals surface area contributed by atoms with Gasteiger partial charge in [0.05, 0.1) is 18.7 Å². The third kappa shape index (κ3) is 4.18. The molecule has 1 aliphatic heterocycles. The summed E-state index contributed by atoms with van der Waals surface area (Å²) >= 11 is 0. The van der Waals surface area contributed by atoms with E-state index < -0.39 is 5.41 Å². The van der Waals surface area contributed by atoms with Crippen LogP contribution in [0.4, 0.5) is 11.5 Å². The molecule has 0 radical (unpaired) electrons. The second-order valence-electron chi connectivity index (χ2n) is 9.61. The molecular formula is C27H28N6O2. The Bertz CT molecular complexity index is 1370. The number of rotatable bonds is 6. The highest BCUT2D eigenvalue weighted by Crippen LogP contribution is 2.52. The van der Waals surface area contributed by atoms with Crippen LogP contribution >= 0.6 is 0 Å². The van der Waals surface area contributed by atoms with Crippen molar-refractivity contribution >= 4 is 23.3 Å². The number of amides is 2. The van der Waals surface area contributed by atoms with Crippen molar-refractivity contribution in [2.45, 2.75) is 39.5 Å². The number of nitriles is 1. The summed E-state index contributed by atoms with van der Waals surface area (Å²) in [4.78, 5) is 32.2. The van der Waals surface area contributed by atoms with Crippen molar-refractivity contribution in [1.29, 1.82) is 5.26 Å². The SMILES string of the molecule is Cc1cc(N2CC[C@@](C#N)(C3CC3)C2=O)cc(NC(=O)Cc2cccc(-c3cnn(C)c3C)c2)n1. The number of pyridine rings is 1. The fourth-order valence-electron chi connectivity index (χ4n) is 5.01. The van der Waals surface area contributed by atoms with Gasteiger partial charge < -0.3 is 10.2 Å². The Labute approximate surface area is 204 Å². The van der Waals surface area contributed by atoms with Crippen molar-refractivity contribution in [1.82, 2.24) is 14.8 Å². The maximum atomic E-state index is 13.2. The number of carbonyl (C=O) groups is 2. The van der Waals surface area contributed by atoms with Crippen LogP contribution in [-0.2, 0) is 23.1 Å². The van der Waals surface area contributed by atoms with E-state index in [2.05, 4.69) is 21.5 Å². The molecule has 178 valence electrons. The van der Waals surface area contributed by atoms with Crippen LogP contribution in [0.1, 0.15) is 36.2 Å². The van der Waals surface area contributed by atoms with Gasteiger partial charge in [-0.1, -0.05) is 24.3 Å². The highest BCUT2D eigenvalue weighted by molar-refractivity contribution is 6.02. The van der Waals surface area contributed by atoms with Crippen LogP contribution in [0.25, 0.3) is 11.1 Å². The molecule has 3 heterocycles. The van der Waals surface area contributed by atoms with Gasteiger partial charge in [0, 0.05) is 42.3 Å². The second kappa shape index (κ2) is 8.66. The highest BCUT2D eigenvalue weighted by Gasteiger charge is 2.56. The Balaban J connectivity index is 1.31. The van der Waals surface area contributed by atoms with Crippen LogP contribution < -0.4 is 10.2 Å². The van der Waals surface area contributed by atoms with Crippen molar-refractivity contribution in [3.63, 3.8) is 0 Å². The van der Waals surface area contributed by atoms with E-state index in [0.29, 0.717) is 30.2 Å². The zero-order valence-electron chi connectivity index (χ0n) is 20.2. The lowest BCUT2D eigenvalue weighted by molar-refractivity contribution is -0.123. The molecule has 1 N–H and O–H groups in total. The lowest BCUT2D eigenvalue weighted by Gasteiger charge is -2.21. The average molecular weight is 469 g/mol. The van der Waals surface area contributed by atoms with Gasteiger partial charge in [-0.2, -0.15) is 10.4 Å². The fraction of sp³-hybridized carbons (Fsp3) is 0.370. The smallest absolute Gasteiger partial charge is 0.247 e. The molecule has 8 heteroatoms. The molecule has 5 rings (SSSR count). The minimum absolute atomic E-state index is 0.132. The van der Waals surface area contributed by atoms with E-state index in [9.17, 15) is 14.9 Å². The van der Waals surface area contributed by atoms with Gasteiger partial charge in [-0.3, -0.25) is 14.3 Å². The number of nitrogens with one attached hydrogen (secondary N) is 1. The summed E-state index contributed by atoms with van der Waals surface area (Å²) in [5.74, 6) is 0.246. The molecule has 8 nitrogen and oxygen atoms in total. The van der Waals surface area contributed by atoms with E-state index in [-0.39, 0.29) is 24.2 Å². The Morgan fingerprint density at radius 3 is 2.74 bits per heavy atom. The van der Waals surface area contributed by atoms with Crippen LogP contribution in [0.2, 0.25) is 0 Å². The molecule has 3 aromatic rings. The molecule has 0 bridgehead atoms. The first-order valence-corrected chi connectivity index (χ1v) is 11.9. The number of aryl methyl sites for hydroxylation is 2. The van der Waals surface area contributed by atoms with Gasteiger partial charge in [-0.05, 0) is 56.2 Å². The molecule has 1 aromatic carbocycles. The first kappa shape index (κ1) is 22.8. The summed E-state index contributed by atoms with van der Waals surface area (Å²) in [6, 6.07) is 13.7. The van der Waals surface area contributed by atoms with Crippen molar-refractivity contribution in [2.24, 2.45) is 18.4 Å². The third-order valence-electron chi connectivity index (χ3n) is 7.19. The Morgan fingerprint density at radius 1 is 1.26 bits per heavy atom. The van der Waals surface area contributed by atoms with Crippen LogP contribution in [0, 0.1) is 36.5 Å².